The maximum atomic E-state index is 11.7. The average Bonchev–Trinajstić information content (AvgIpc) is 2.90. The number of aromatic amines is 1. The highest BCUT2D eigenvalue weighted by Gasteiger charge is 2.23. The summed E-state index contributed by atoms with van der Waals surface area (Å²) < 4.78 is 0. The Morgan fingerprint density at radius 3 is 3.18 bits per heavy atom. The van der Waals surface area contributed by atoms with Crippen molar-refractivity contribution in [2.75, 3.05) is 23.3 Å². The van der Waals surface area contributed by atoms with Gasteiger partial charge in [0.2, 0.25) is 5.91 Å². The normalized spacial score (nSPS) is 18.7. The molecule has 0 aliphatic carbocycles. The van der Waals surface area contributed by atoms with Crippen LogP contribution in [-0.4, -0.2) is 35.0 Å². The third-order valence-corrected chi connectivity index (χ3v) is 4.28. The molecule has 0 spiro atoms. The van der Waals surface area contributed by atoms with Crippen LogP contribution in [0.1, 0.15) is 26.2 Å². The average molecular weight is 322 g/mol. The van der Waals surface area contributed by atoms with E-state index in [4.69, 9.17) is 17.3 Å². The number of aromatic nitrogens is 2. The van der Waals surface area contributed by atoms with Gasteiger partial charge in [0.15, 0.2) is 0 Å². The summed E-state index contributed by atoms with van der Waals surface area (Å²) in [5.41, 5.74) is 8.42. The Bertz CT molecular complexity index is 699. The van der Waals surface area contributed by atoms with Crippen LogP contribution >= 0.6 is 11.6 Å². The van der Waals surface area contributed by atoms with Crippen LogP contribution in [0.2, 0.25) is 5.02 Å². The molecular weight excluding hydrogens is 302 g/mol. The Morgan fingerprint density at radius 1 is 1.64 bits per heavy atom. The molecule has 7 heteroatoms. The number of nitrogens with one attached hydrogen (secondary N) is 2. The molecule has 0 bridgehead atoms. The Morgan fingerprint density at radius 2 is 2.45 bits per heavy atom. The van der Waals surface area contributed by atoms with E-state index in [1.165, 1.54) is 0 Å². The highest BCUT2D eigenvalue weighted by Crippen LogP contribution is 2.38. The van der Waals surface area contributed by atoms with Gasteiger partial charge in [-0.05, 0) is 12.8 Å². The van der Waals surface area contributed by atoms with Crippen molar-refractivity contribution in [1.29, 1.82) is 0 Å². The molecule has 118 valence electrons. The lowest BCUT2D eigenvalue weighted by Crippen LogP contribution is -2.43. The molecular formula is C15H20ClN5O. The van der Waals surface area contributed by atoms with Gasteiger partial charge in [0.1, 0.15) is 5.65 Å². The molecule has 2 aromatic rings. The Kier molecular flexibility index (Phi) is 4.22. The molecule has 0 unspecified atom stereocenters. The van der Waals surface area contributed by atoms with E-state index in [1.54, 1.807) is 12.4 Å². The minimum absolute atomic E-state index is 0.0397. The number of nitrogens with two attached hydrogens (primary N) is 1. The lowest BCUT2D eigenvalue weighted by Gasteiger charge is -2.33. The SMILES string of the molecule is CCC(=O)Nc1c[nH]c2ncc(Cl)c(N3CCC[C@@H](N)C3)c12. The van der Waals surface area contributed by atoms with Gasteiger partial charge >= 0.3 is 0 Å². The summed E-state index contributed by atoms with van der Waals surface area (Å²) in [6.07, 6.45) is 5.87. The van der Waals surface area contributed by atoms with Gasteiger partial charge in [0.25, 0.3) is 0 Å². The first-order valence-corrected chi connectivity index (χ1v) is 7.94. The number of nitrogens with zero attached hydrogens (tertiary/aromatic N) is 2. The first-order chi connectivity index (χ1) is 10.6. The van der Waals surface area contributed by atoms with Crippen molar-refractivity contribution in [3.8, 4) is 0 Å². The maximum absolute atomic E-state index is 11.7. The first-order valence-electron chi connectivity index (χ1n) is 7.56. The van der Waals surface area contributed by atoms with Crippen molar-refractivity contribution < 1.29 is 4.79 Å². The fourth-order valence-electron chi connectivity index (χ4n) is 2.92. The molecule has 0 radical (unpaired) electrons. The van der Waals surface area contributed by atoms with Gasteiger partial charge in [-0.1, -0.05) is 18.5 Å². The Labute approximate surface area is 134 Å². The van der Waals surface area contributed by atoms with E-state index in [0.717, 1.165) is 37.0 Å². The summed E-state index contributed by atoms with van der Waals surface area (Å²) >= 11 is 6.41. The number of carbonyl (C=O) groups excluding carboxylic acids is 1. The van der Waals surface area contributed by atoms with Crippen LogP contribution in [-0.2, 0) is 4.79 Å². The van der Waals surface area contributed by atoms with Gasteiger partial charge in [-0.15, -0.1) is 0 Å². The minimum atomic E-state index is -0.0397. The number of fused-ring (bicyclic) bond motifs is 1. The van der Waals surface area contributed by atoms with E-state index in [0.29, 0.717) is 22.8 Å². The second kappa shape index (κ2) is 6.14. The molecule has 1 saturated heterocycles. The molecule has 0 aromatic carbocycles. The zero-order valence-electron chi connectivity index (χ0n) is 12.5. The number of halogens is 1. The molecule has 3 rings (SSSR count). The predicted octanol–water partition coefficient (Wildman–Crippen LogP) is 2.49. The van der Waals surface area contributed by atoms with Crippen LogP contribution in [0.4, 0.5) is 11.4 Å². The number of rotatable bonds is 3. The second-order valence-corrected chi connectivity index (χ2v) is 6.04. The van der Waals surface area contributed by atoms with Crippen LogP contribution in [0, 0.1) is 0 Å². The van der Waals surface area contributed by atoms with Crippen molar-refractivity contribution in [2.24, 2.45) is 5.73 Å². The van der Waals surface area contributed by atoms with Crippen LogP contribution in [0.3, 0.4) is 0 Å². The number of hydrogen-bond acceptors (Lipinski definition) is 4. The van der Waals surface area contributed by atoms with Crippen LogP contribution in [0.5, 0.6) is 0 Å². The van der Waals surface area contributed by atoms with Crippen molar-refractivity contribution in [3.05, 3.63) is 17.4 Å². The quantitative estimate of drug-likeness (QED) is 0.810. The first kappa shape index (κ1) is 15.1. The van der Waals surface area contributed by atoms with Gasteiger partial charge < -0.3 is 20.9 Å². The molecule has 1 aliphatic rings. The smallest absolute Gasteiger partial charge is 0.224 e. The maximum Gasteiger partial charge on any atom is 0.224 e. The van der Waals surface area contributed by atoms with E-state index in [9.17, 15) is 4.79 Å². The van der Waals surface area contributed by atoms with Gasteiger partial charge in [0, 0.05) is 31.7 Å². The molecule has 1 atom stereocenters. The highest BCUT2D eigenvalue weighted by atomic mass is 35.5. The van der Waals surface area contributed by atoms with Crippen LogP contribution in [0.15, 0.2) is 12.4 Å². The number of hydrogen-bond donors (Lipinski definition) is 3. The summed E-state index contributed by atoms with van der Waals surface area (Å²) in [6.45, 7) is 3.48. The van der Waals surface area contributed by atoms with Gasteiger partial charge in [-0.2, -0.15) is 0 Å². The minimum Gasteiger partial charge on any atom is -0.368 e. The summed E-state index contributed by atoms with van der Waals surface area (Å²) in [6, 6.07) is 0.139. The van der Waals surface area contributed by atoms with E-state index in [2.05, 4.69) is 20.2 Å². The third-order valence-electron chi connectivity index (χ3n) is 4.00. The number of piperidine rings is 1. The van der Waals surface area contributed by atoms with E-state index < -0.39 is 0 Å². The lowest BCUT2D eigenvalue weighted by molar-refractivity contribution is -0.115. The van der Waals surface area contributed by atoms with E-state index in [-0.39, 0.29) is 11.9 Å². The zero-order valence-corrected chi connectivity index (χ0v) is 13.3. The topological polar surface area (TPSA) is 87.0 Å². The number of carbonyl (C=O) groups is 1. The van der Waals surface area contributed by atoms with Crippen LogP contribution < -0.4 is 16.0 Å². The fourth-order valence-corrected chi connectivity index (χ4v) is 3.18. The fraction of sp³-hybridized carbons (Fsp3) is 0.467. The number of pyridine rings is 1. The molecule has 3 heterocycles. The number of H-pyrrole nitrogens is 1. The van der Waals surface area contributed by atoms with Crippen molar-refractivity contribution in [1.82, 2.24) is 9.97 Å². The Balaban J connectivity index is 2.08. The molecule has 1 fully saturated rings. The molecule has 2 aromatic heterocycles. The van der Waals surface area contributed by atoms with Gasteiger partial charge in [-0.3, -0.25) is 4.79 Å². The van der Waals surface area contributed by atoms with E-state index >= 15 is 0 Å². The lowest BCUT2D eigenvalue weighted by atomic mass is 10.1. The summed E-state index contributed by atoms with van der Waals surface area (Å²) in [5.74, 6) is -0.0397. The van der Waals surface area contributed by atoms with E-state index in [1.807, 2.05) is 6.92 Å². The van der Waals surface area contributed by atoms with Crippen LogP contribution in [0.25, 0.3) is 11.0 Å². The number of anilines is 2. The largest absolute Gasteiger partial charge is 0.368 e. The summed E-state index contributed by atoms with van der Waals surface area (Å²) in [4.78, 5) is 21.3. The van der Waals surface area contributed by atoms with Crippen molar-refractivity contribution >= 4 is 39.9 Å². The molecule has 1 amide bonds. The summed E-state index contributed by atoms with van der Waals surface area (Å²) in [7, 11) is 0. The standard InChI is InChI=1S/C15H20ClN5O/c1-2-12(22)20-11-7-19-15-13(11)14(10(16)6-18-15)21-5-3-4-9(17)8-21/h6-7,9H,2-5,8,17H2,1H3,(H,18,19)(H,20,22)/t9-/m1/s1. The second-order valence-electron chi connectivity index (χ2n) is 5.63. The molecule has 4 N–H and O–H groups in total. The predicted molar refractivity (Wildman–Crippen MR) is 89.4 cm³/mol. The van der Waals surface area contributed by atoms with Gasteiger partial charge in [0.05, 0.1) is 28.0 Å². The highest BCUT2D eigenvalue weighted by molar-refractivity contribution is 6.35. The van der Waals surface area contributed by atoms with Gasteiger partial charge in [-0.25, -0.2) is 4.98 Å². The third kappa shape index (κ3) is 2.76. The van der Waals surface area contributed by atoms with Crippen molar-refractivity contribution in [3.63, 3.8) is 0 Å². The zero-order chi connectivity index (χ0) is 15.7. The number of amides is 1. The molecule has 0 saturated carbocycles. The molecule has 22 heavy (non-hydrogen) atoms. The van der Waals surface area contributed by atoms with Crippen molar-refractivity contribution in [2.45, 2.75) is 32.2 Å². The monoisotopic (exact) mass is 321 g/mol. The summed E-state index contributed by atoms with van der Waals surface area (Å²) in [5, 5.41) is 4.33. The Hall–Kier alpha value is -1.79. The molecule has 6 nitrogen and oxygen atoms in total. The molecule has 1 aliphatic heterocycles.